The molecule has 23 heavy (non-hydrogen) atoms. The van der Waals surface area contributed by atoms with Crippen molar-refractivity contribution < 1.29 is 13.2 Å². The van der Waals surface area contributed by atoms with E-state index in [1.54, 1.807) is 12.1 Å². The van der Waals surface area contributed by atoms with Crippen molar-refractivity contribution in [3.8, 4) is 5.75 Å². The smallest absolute Gasteiger partial charge is 0.175 e. The van der Waals surface area contributed by atoms with Crippen LogP contribution in [-0.2, 0) is 9.84 Å². The lowest BCUT2D eigenvalue weighted by molar-refractivity contribution is 0.307. The number of ether oxygens (including phenoxy) is 1. The van der Waals surface area contributed by atoms with E-state index in [9.17, 15) is 8.42 Å². The first kappa shape index (κ1) is 17.5. The van der Waals surface area contributed by atoms with Gasteiger partial charge in [-0.1, -0.05) is 29.8 Å². The standard InChI is InChI=1S/C18H23NO3S/c1-14-4-8-17(9-5-14)22-13-12-19-15(2)16-6-10-18(11-7-16)23(3,20)21/h4-11,15,19H,12-13H2,1-3H3. The van der Waals surface area contributed by atoms with Crippen LogP contribution < -0.4 is 10.1 Å². The van der Waals surface area contributed by atoms with E-state index in [-0.39, 0.29) is 6.04 Å². The molecule has 1 atom stereocenters. The summed E-state index contributed by atoms with van der Waals surface area (Å²) in [6.45, 7) is 5.38. The van der Waals surface area contributed by atoms with E-state index in [0.717, 1.165) is 11.3 Å². The van der Waals surface area contributed by atoms with E-state index in [0.29, 0.717) is 18.0 Å². The van der Waals surface area contributed by atoms with E-state index >= 15 is 0 Å². The topological polar surface area (TPSA) is 55.4 Å². The molecule has 0 aromatic heterocycles. The molecule has 2 aromatic rings. The zero-order valence-electron chi connectivity index (χ0n) is 13.7. The van der Waals surface area contributed by atoms with E-state index in [1.807, 2.05) is 50.2 Å². The number of aryl methyl sites for hydroxylation is 1. The first-order chi connectivity index (χ1) is 10.9. The summed E-state index contributed by atoms with van der Waals surface area (Å²) in [4.78, 5) is 0.344. The van der Waals surface area contributed by atoms with Gasteiger partial charge >= 0.3 is 0 Å². The molecular weight excluding hydrogens is 310 g/mol. The Balaban J connectivity index is 1.80. The third-order valence-electron chi connectivity index (χ3n) is 3.65. The van der Waals surface area contributed by atoms with Crippen molar-refractivity contribution in [1.82, 2.24) is 5.32 Å². The summed E-state index contributed by atoms with van der Waals surface area (Å²) in [5.41, 5.74) is 2.26. The molecular formula is C18H23NO3S. The molecule has 0 amide bonds. The Morgan fingerprint density at radius 1 is 1.04 bits per heavy atom. The van der Waals surface area contributed by atoms with Gasteiger partial charge in [0.1, 0.15) is 12.4 Å². The van der Waals surface area contributed by atoms with E-state index in [4.69, 9.17) is 4.74 Å². The van der Waals surface area contributed by atoms with Crippen LogP contribution in [0.3, 0.4) is 0 Å². The summed E-state index contributed by atoms with van der Waals surface area (Å²) in [6, 6.07) is 15.1. The summed E-state index contributed by atoms with van der Waals surface area (Å²) in [6.07, 6.45) is 1.21. The van der Waals surface area contributed by atoms with Crippen molar-refractivity contribution in [3.63, 3.8) is 0 Å². The SMILES string of the molecule is Cc1ccc(OCCNC(C)c2ccc(S(C)(=O)=O)cc2)cc1. The molecule has 0 aliphatic carbocycles. The highest BCUT2D eigenvalue weighted by Gasteiger charge is 2.09. The summed E-state index contributed by atoms with van der Waals surface area (Å²) >= 11 is 0. The summed E-state index contributed by atoms with van der Waals surface area (Å²) in [5.74, 6) is 0.863. The highest BCUT2D eigenvalue weighted by molar-refractivity contribution is 7.90. The van der Waals surface area contributed by atoms with Gasteiger partial charge in [-0.25, -0.2) is 8.42 Å². The van der Waals surface area contributed by atoms with Gasteiger partial charge in [0, 0.05) is 18.8 Å². The Bertz CT molecular complexity index is 722. The lowest BCUT2D eigenvalue weighted by atomic mass is 10.1. The maximum absolute atomic E-state index is 11.4. The third-order valence-corrected chi connectivity index (χ3v) is 4.78. The molecule has 0 aliphatic rings. The number of hydrogen-bond donors (Lipinski definition) is 1. The molecule has 124 valence electrons. The lowest BCUT2D eigenvalue weighted by Gasteiger charge is -2.15. The number of rotatable bonds is 7. The minimum Gasteiger partial charge on any atom is -0.492 e. The second-order valence-electron chi connectivity index (χ2n) is 5.68. The van der Waals surface area contributed by atoms with Gasteiger partial charge < -0.3 is 10.1 Å². The molecule has 0 saturated heterocycles. The van der Waals surface area contributed by atoms with Gasteiger partial charge in [-0.2, -0.15) is 0 Å². The van der Waals surface area contributed by atoms with Gasteiger partial charge in [0.25, 0.3) is 0 Å². The van der Waals surface area contributed by atoms with Crippen LogP contribution >= 0.6 is 0 Å². The molecule has 0 saturated carbocycles. The van der Waals surface area contributed by atoms with Crippen LogP contribution in [0.1, 0.15) is 24.1 Å². The van der Waals surface area contributed by atoms with Crippen LogP contribution in [0, 0.1) is 6.92 Å². The van der Waals surface area contributed by atoms with Crippen molar-refractivity contribution in [2.24, 2.45) is 0 Å². The highest BCUT2D eigenvalue weighted by atomic mass is 32.2. The fourth-order valence-electron chi connectivity index (χ4n) is 2.20. The van der Waals surface area contributed by atoms with Crippen LogP contribution in [0.15, 0.2) is 53.4 Å². The van der Waals surface area contributed by atoms with Crippen LogP contribution in [0.25, 0.3) is 0 Å². The Morgan fingerprint density at radius 3 is 2.22 bits per heavy atom. The van der Waals surface area contributed by atoms with Crippen molar-refractivity contribution >= 4 is 9.84 Å². The summed E-state index contributed by atoms with van der Waals surface area (Å²) < 4.78 is 28.6. The number of nitrogens with one attached hydrogen (secondary N) is 1. The fourth-order valence-corrected chi connectivity index (χ4v) is 2.83. The Labute approximate surface area is 138 Å². The lowest BCUT2D eigenvalue weighted by Crippen LogP contribution is -2.24. The molecule has 0 heterocycles. The molecule has 1 N–H and O–H groups in total. The van der Waals surface area contributed by atoms with E-state index in [2.05, 4.69) is 5.32 Å². The van der Waals surface area contributed by atoms with Gasteiger partial charge in [0.2, 0.25) is 0 Å². The second kappa shape index (κ2) is 7.62. The zero-order chi connectivity index (χ0) is 16.9. The molecule has 0 fully saturated rings. The maximum Gasteiger partial charge on any atom is 0.175 e. The minimum atomic E-state index is -3.14. The van der Waals surface area contributed by atoms with Crippen LogP contribution in [-0.4, -0.2) is 27.8 Å². The van der Waals surface area contributed by atoms with Crippen molar-refractivity contribution in [3.05, 3.63) is 59.7 Å². The average Bonchev–Trinajstić information content (AvgIpc) is 2.52. The number of benzene rings is 2. The predicted molar refractivity (Wildman–Crippen MR) is 92.6 cm³/mol. The maximum atomic E-state index is 11.4. The van der Waals surface area contributed by atoms with Gasteiger partial charge in [-0.05, 0) is 43.7 Å². The Hall–Kier alpha value is -1.85. The van der Waals surface area contributed by atoms with Crippen LogP contribution in [0.5, 0.6) is 5.75 Å². The average molecular weight is 333 g/mol. The highest BCUT2D eigenvalue weighted by Crippen LogP contribution is 2.16. The fraction of sp³-hybridized carbons (Fsp3) is 0.333. The monoisotopic (exact) mass is 333 g/mol. The van der Waals surface area contributed by atoms with Crippen molar-refractivity contribution in [2.45, 2.75) is 24.8 Å². The van der Waals surface area contributed by atoms with Crippen LogP contribution in [0.2, 0.25) is 0 Å². The normalized spacial score (nSPS) is 12.8. The van der Waals surface area contributed by atoms with Gasteiger partial charge in [-0.3, -0.25) is 0 Å². The molecule has 0 radical (unpaired) electrons. The second-order valence-corrected chi connectivity index (χ2v) is 7.69. The van der Waals surface area contributed by atoms with Gasteiger partial charge in [0.15, 0.2) is 9.84 Å². The molecule has 2 rings (SSSR count). The first-order valence-corrected chi connectivity index (χ1v) is 9.48. The summed E-state index contributed by atoms with van der Waals surface area (Å²) in [5, 5.41) is 3.36. The Kier molecular flexibility index (Phi) is 5.80. The minimum absolute atomic E-state index is 0.130. The molecule has 1 unspecified atom stereocenters. The quantitative estimate of drug-likeness (QED) is 0.791. The molecule has 2 aromatic carbocycles. The van der Waals surface area contributed by atoms with Gasteiger partial charge in [-0.15, -0.1) is 0 Å². The van der Waals surface area contributed by atoms with Gasteiger partial charge in [0.05, 0.1) is 4.90 Å². The molecule has 4 nitrogen and oxygen atoms in total. The zero-order valence-corrected chi connectivity index (χ0v) is 14.6. The predicted octanol–water partition coefficient (Wildman–Crippen LogP) is 3.13. The number of hydrogen-bond acceptors (Lipinski definition) is 4. The molecule has 0 aliphatic heterocycles. The van der Waals surface area contributed by atoms with E-state index in [1.165, 1.54) is 11.8 Å². The summed E-state index contributed by atoms with van der Waals surface area (Å²) in [7, 11) is -3.14. The van der Waals surface area contributed by atoms with Crippen LogP contribution in [0.4, 0.5) is 0 Å². The first-order valence-electron chi connectivity index (χ1n) is 7.59. The molecule has 0 spiro atoms. The number of sulfone groups is 1. The Morgan fingerprint density at radius 2 is 1.65 bits per heavy atom. The molecule has 0 bridgehead atoms. The van der Waals surface area contributed by atoms with Crippen molar-refractivity contribution in [2.75, 3.05) is 19.4 Å². The largest absolute Gasteiger partial charge is 0.492 e. The van der Waals surface area contributed by atoms with E-state index < -0.39 is 9.84 Å². The molecule has 5 heteroatoms. The third kappa shape index (κ3) is 5.37. The van der Waals surface area contributed by atoms with Crippen molar-refractivity contribution in [1.29, 1.82) is 0 Å².